The standard InChI is InChI=1S/C24H32F2N4O3S/c1-16-12-19(29-33-16)13-23(31)27-14-18-4-2-17(3-5-18)6-9-30-10-7-20-21(8-11-30)34-24(28-20)32-15-22(25)26/h12,14,17-18,22H,2-11,13,15H2,1H3. The monoisotopic (exact) mass is 494 g/mol. The minimum atomic E-state index is -2.47. The number of amides is 1. The Balaban J connectivity index is 1.13. The second-order valence-corrected chi connectivity index (χ2v) is 10.3. The molecular formula is C24H32F2N4O3S. The summed E-state index contributed by atoms with van der Waals surface area (Å²) < 4.78 is 34.8. The fraction of sp³-hybridized carbons (Fsp3) is 0.667. The van der Waals surface area contributed by atoms with Crippen LogP contribution < -0.4 is 4.74 Å². The summed E-state index contributed by atoms with van der Waals surface area (Å²) in [5, 5.41) is 4.21. The highest BCUT2D eigenvalue weighted by atomic mass is 32.1. The van der Waals surface area contributed by atoms with E-state index in [9.17, 15) is 13.6 Å². The van der Waals surface area contributed by atoms with Gasteiger partial charge in [0, 0.05) is 36.7 Å². The molecule has 4 rings (SSSR count). The number of nitrogens with zero attached hydrogens (tertiary/aromatic N) is 4. The number of fused-ring (bicyclic) bond motifs is 1. The van der Waals surface area contributed by atoms with Crippen LogP contribution in [0.1, 0.15) is 54.1 Å². The molecule has 1 aliphatic carbocycles. The predicted octanol–water partition coefficient (Wildman–Crippen LogP) is 4.52. The molecule has 34 heavy (non-hydrogen) atoms. The molecule has 0 bridgehead atoms. The van der Waals surface area contributed by atoms with Gasteiger partial charge < -0.3 is 14.2 Å². The second-order valence-electron chi connectivity index (χ2n) is 9.24. The highest BCUT2D eigenvalue weighted by Crippen LogP contribution is 2.31. The number of rotatable bonds is 9. The summed E-state index contributed by atoms with van der Waals surface area (Å²) >= 11 is 1.41. The highest BCUT2D eigenvalue weighted by molar-refractivity contribution is 7.13. The van der Waals surface area contributed by atoms with Gasteiger partial charge in [0.05, 0.1) is 17.8 Å². The summed E-state index contributed by atoms with van der Waals surface area (Å²) in [6, 6.07) is 1.77. The van der Waals surface area contributed by atoms with Crippen LogP contribution in [0.25, 0.3) is 0 Å². The first kappa shape index (κ1) is 24.9. The molecule has 0 unspecified atom stereocenters. The zero-order valence-corrected chi connectivity index (χ0v) is 20.4. The molecule has 3 heterocycles. The van der Waals surface area contributed by atoms with Gasteiger partial charge in [-0.15, -0.1) is 0 Å². The van der Waals surface area contributed by atoms with Crippen molar-refractivity contribution >= 4 is 23.5 Å². The van der Waals surface area contributed by atoms with E-state index < -0.39 is 13.0 Å². The number of carbonyl (C=O) groups excluding carboxylic acids is 1. The number of carbonyl (C=O) groups is 1. The number of thiazole rings is 1. The molecule has 0 aromatic carbocycles. The first-order valence-corrected chi connectivity index (χ1v) is 12.9. The van der Waals surface area contributed by atoms with Crippen molar-refractivity contribution in [3.05, 3.63) is 28.1 Å². The van der Waals surface area contributed by atoms with E-state index in [1.165, 1.54) is 35.5 Å². The predicted molar refractivity (Wildman–Crippen MR) is 126 cm³/mol. The molecule has 1 saturated carbocycles. The summed E-state index contributed by atoms with van der Waals surface area (Å²) in [4.78, 5) is 24.3. The van der Waals surface area contributed by atoms with Crippen LogP contribution in [0.3, 0.4) is 0 Å². The summed E-state index contributed by atoms with van der Waals surface area (Å²) in [5.74, 6) is 1.61. The number of aliphatic imine (C=N–C) groups is 1. The Morgan fingerprint density at radius 3 is 2.85 bits per heavy atom. The molecule has 0 atom stereocenters. The Morgan fingerprint density at radius 2 is 2.12 bits per heavy atom. The maximum absolute atomic E-state index is 12.3. The van der Waals surface area contributed by atoms with E-state index in [0.717, 1.165) is 51.0 Å². The quantitative estimate of drug-likeness (QED) is 0.477. The van der Waals surface area contributed by atoms with Crippen molar-refractivity contribution in [1.29, 1.82) is 0 Å². The first-order valence-electron chi connectivity index (χ1n) is 12.1. The molecular weight excluding hydrogens is 462 g/mol. The van der Waals surface area contributed by atoms with Crippen molar-refractivity contribution in [3.63, 3.8) is 0 Å². The molecule has 2 aliphatic rings. The zero-order valence-electron chi connectivity index (χ0n) is 19.5. The molecule has 7 nitrogen and oxygen atoms in total. The maximum atomic E-state index is 12.3. The minimum absolute atomic E-state index is 0.174. The summed E-state index contributed by atoms with van der Waals surface area (Å²) in [6.07, 6.45) is 6.96. The maximum Gasteiger partial charge on any atom is 0.273 e. The lowest BCUT2D eigenvalue weighted by Crippen LogP contribution is -2.29. The molecule has 0 radical (unpaired) electrons. The van der Waals surface area contributed by atoms with Gasteiger partial charge in [-0.25, -0.2) is 18.8 Å². The number of aromatic nitrogens is 2. The van der Waals surface area contributed by atoms with Crippen molar-refractivity contribution in [1.82, 2.24) is 15.0 Å². The Labute approximate surface area is 202 Å². The average molecular weight is 495 g/mol. The van der Waals surface area contributed by atoms with E-state index >= 15 is 0 Å². The van der Waals surface area contributed by atoms with E-state index in [2.05, 4.69) is 20.0 Å². The number of halogens is 2. The third kappa shape index (κ3) is 7.40. The fourth-order valence-corrected chi connectivity index (χ4v) is 5.64. The van der Waals surface area contributed by atoms with Gasteiger partial charge in [-0.2, -0.15) is 0 Å². The number of ether oxygens (including phenoxy) is 1. The van der Waals surface area contributed by atoms with E-state index in [4.69, 9.17) is 9.26 Å². The van der Waals surface area contributed by atoms with Crippen LogP contribution in [0.5, 0.6) is 5.19 Å². The molecule has 1 aliphatic heterocycles. The summed E-state index contributed by atoms with van der Waals surface area (Å²) in [5.41, 5.74) is 1.63. The normalized spacial score (nSPS) is 21.6. The molecule has 1 amide bonds. The second kappa shape index (κ2) is 12.0. The van der Waals surface area contributed by atoms with Gasteiger partial charge in [0.2, 0.25) is 0 Å². The van der Waals surface area contributed by atoms with E-state index in [-0.39, 0.29) is 12.3 Å². The van der Waals surface area contributed by atoms with E-state index in [0.29, 0.717) is 28.5 Å². The van der Waals surface area contributed by atoms with E-state index in [1.54, 1.807) is 13.0 Å². The Morgan fingerprint density at radius 1 is 1.32 bits per heavy atom. The van der Waals surface area contributed by atoms with Crippen LogP contribution in [0, 0.1) is 18.8 Å². The molecule has 2 aromatic heterocycles. The topological polar surface area (TPSA) is 80.8 Å². The Kier molecular flexibility index (Phi) is 8.77. The van der Waals surface area contributed by atoms with Gasteiger partial charge in [-0.1, -0.05) is 16.5 Å². The van der Waals surface area contributed by atoms with Gasteiger partial charge >= 0.3 is 0 Å². The highest BCUT2D eigenvalue weighted by Gasteiger charge is 2.23. The molecule has 2 aromatic rings. The molecule has 0 saturated heterocycles. The van der Waals surface area contributed by atoms with Gasteiger partial charge in [0.25, 0.3) is 17.5 Å². The Bertz CT molecular complexity index is 944. The van der Waals surface area contributed by atoms with Gasteiger partial charge in [0.15, 0.2) is 6.61 Å². The fourth-order valence-electron chi connectivity index (χ4n) is 4.69. The Hall–Kier alpha value is -2.20. The van der Waals surface area contributed by atoms with Crippen LogP contribution in [0.15, 0.2) is 15.6 Å². The summed E-state index contributed by atoms with van der Waals surface area (Å²) in [6.45, 7) is 4.20. The molecule has 0 spiro atoms. The van der Waals surface area contributed by atoms with Crippen molar-refractivity contribution in [2.75, 3.05) is 26.2 Å². The smallest absolute Gasteiger partial charge is 0.273 e. The number of hydrogen-bond acceptors (Lipinski definition) is 7. The van der Waals surface area contributed by atoms with Crippen LogP contribution >= 0.6 is 11.3 Å². The van der Waals surface area contributed by atoms with Gasteiger partial charge in [-0.3, -0.25) is 4.79 Å². The molecule has 1 fully saturated rings. The lowest BCUT2D eigenvalue weighted by Gasteiger charge is -2.28. The largest absolute Gasteiger partial charge is 0.464 e. The zero-order chi connectivity index (χ0) is 23.9. The lowest BCUT2D eigenvalue weighted by molar-refractivity contribution is -0.117. The van der Waals surface area contributed by atoms with Gasteiger partial charge in [-0.05, 0) is 63.8 Å². The molecule has 10 heteroatoms. The van der Waals surface area contributed by atoms with Crippen LogP contribution in [0.2, 0.25) is 0 Å². The van der Waals surface area contributed by atoms with Crippen molar-refractivity contribution in [2.24, 2.45) is 16.8 Å². The van der Waals surface area contributed by atoms with E-state index in [1.807, 2.05) is 6.21 Å². The SMILES string of the molecule is Cc1cc(CC(=O)N=CC2CCC(CCN3CCc4nc(OCC(F)F)sc4CC3)CC2)no1. The molecule has 0 N–H and O–H groups in total. The van der Waals surface area contributed by atoms with Crippen LogP contribution in [-0.2, 0) is 24.1 Å². The number of hydrogen-bond donors (Lipinski definition) is 0. The van der Waals surface area contributed by atoms with Gasteiger partial charge in [0.1, 0.15) is 5.76 Å². The lowest BCUT2D eigenvalue weighted by atomic mass is 9.81. The van der Waals surface area contributed by atoms with Crippen molar-refractivity contribution in [2.45, 2.75) is 64.7 Å². The van der Waals surface area contributed by atoms with Crippen LogP contribution in [0.4, 0.5) is 8.78 Å². The van der Waals surface area contributed by atoms with Crippen LogP contribution in [-0.4, -0.2) is 59.8 Å². The first-order chi connectivity index (χ1) is 16.4. The van der Waals surface area contributed by atoms with Crippen molar-refractivity contribution < 1.29 is 22.8 Å². The average Bonchev–Trinajstić information content (AvgIpc) is 3.36. The van der Waals surface area contributed by atoms with Crippen molar-refractivity contribution in [3.8, 4) is 5.19 Å². The third-order valence-electron chi connectivity index (χ3n) is 6.59. The number of alkyl halides is 2. The molecule has 186 valence electrons. The summed E-state index contributed by atoms with van der Waals surface area (Å²) in [7, 11) is 0. The minimum Gasteiger partial charge on any atom is -0.464 e. The third-order valence-corrected chi connectivity index (χ3v) is 7.66. The number of aryl methyl sites for hydroxylation is 1.